The maximum atomic E-state index is 13.1. The van der Waals surface area contributed by atoms with Crippen LogP contribution >= 0.6 is 0 Å². The average molecular weight is 669 g/mol. The Hall–Kier alpha value is -4.88. The zero-order chi connectivity index (χ0) is 33.7. The van der Waals surface area contributed by atoms with Crippen LogP contribution in [0.1, 0.15) is 47.2 Å². The lowest BCUT2D eigenvalue weighted by Gasteiger charge is -2.30. The number of ether oxygens (including phenoxy) is 2. The minimum absolute atomic E-state index is 0.000333. The Balaban J connectivity index is 1.15. The first kappa shape index (κ1) is 33.5. The van der Waals surface area contributed by atoms with Gasteiger partial charge in [-0.3, -0.25) is 4.79 Å². The number of halogens is 3. The van der Waals surface area contributed by atoms with E-state index in [1.165, 1.54) is 12.1 Å². The van der Waals surface area contributed by atoms with Gasteiger partial charge in [0.2, 0.25) is 15.9 Å². The summed E-state index contributed by atoms with van der Waals surface area (Å²) < 4.78 is 79.4. The number of aromatic carboxylic acids is 1. The molecule has 0 heterocycles. The Kier molecular flexibility index (Phi) is 9.87. The zero-order valence-corrected chi connectivity index (χ0v) is 25.7. The molecule has 0 aromatic heterocycles. The highest BCUT2D eigenvalue weighted by Gasteiger charge is 2.39. The monoisotopic (exact) mass is 668 g/mol. The highest BCUT2D eigenvalue weighted by molar-refractivity contribution is 7.89. The molecule has 246 valence electrons. The molecule has 9 nitrogen and oxygen atoms in total. The number of nitrogens with one attached hydrogen (secondary N) is 2. The predicted molar refractivity (Wildman–Crippen MR) is 167 cm³/mol. The van der Waals surface area contributed by atoms with Gasteiger partial charge in [0.1, 0.15) is 23.9 Å². The van der Waals surface area contributed by atoms with E-state index >= 15 is 0 Å². The Bertz CT molecular complexity index is 1820. The second-order valence-corrected chi connectivity index (χ2v) is 12.9. The molecule has 1 fully saturated rings. The van der Waals surface area contributed by atoms with Crippen molar-refractivity contribution in [3.05, 3.63) is 114 Å². The number of carboxylic acids is 1. The van der Waals surface area contributed by atoms with Gasteiger partial charge in [-0.25, -0.2) is 17.9 Å². The number of benzene rings is 4. The molecular formula is C34H31F3N2O7S. The fraction of sp³-hybridized carbons (Fsp3) is 0.235. The van der Waals surface area contributed by atoms with Gasteiger partial charge >= 0.3 is 12.1 Å². The summed E-state index contributed by atoms with van der Waals surface area (Å²) in [7, 11) is -4.10. The third-order valence-corrected chi connectivity index (χ3v) is 9.29. The second-order valence-electron chi connectivity index (χ2n) is 11.2. The van der Waals surface area contributed by atoms with Crippen molar-refractivity contribution >= 4 is 27.6 Å². The Labute approximate surface area is 269 Å². The van der Waals surface area contributed by atoms with E-state index in [1.54, 1.807) is 60.7 Å². The predicted octanol–water partition coefficient (Wildman–Crippen LogP) is 7.05. The summed E-state index contributed by atoms with van der Waals surface area (Å²) in [4.78, 5) is 23.6. The lowest BCUT2D eigenvalue weighted by atomic mass is 10.0. The van der Waals surface area contributed by atoms with Crippen LogP contribution in [0.4, 0.5) is 18.9 Å². The van der Waals surface area contributed by atoms with E-state index in [0.29, 0.717) is 35.7 Å². The number of hydrogen-bond donors (Lipinski definition) is 3. The molecule has 3 N–H and O–H groups in total. The summed E-state index contributed by atoms with van der Waals surface area (Å²) in [6, 6.07) is 23.1. The maximum absolute atomic E-state index is 13.1. The number of hydrogen-bond acceptors (Lipinski definition) is 6. The number of rotatable bonds is 12. The van der Waals surface area contributed by atoms with Gasteiger partial charge in [-0.2, -0.15) is 13.2 Å². The van der Waals surface area contributed by atoms with E-state index in [-0.39, 0.29) is 35.1 Å². The van der Waals surface area contributed by atoms with E-state index in [1.807, 2.05) is 0 Å². The first-order valence-electron chi connectivity index (χ1n) is 14.7. The molecule has 47 heavy (non-hydrogen) atoms. The molecule has 5 rings (SSSR count). The van der Waals surface area contributed by atoms with Crippen LogP contribution < -0.4 is 19.5 Å². The van der Waals surface area contributed by atoms with Crippen LogP contribution in [0.2, 0.25) is 0 Å². The summed E-state index contributed by atoms with van der Waals surface area (Å²) >= 11 is 0. The molecule has 1 saturated carbocycles. The molecule has 1 amide bonds. The van der Waals surface area contributed by atoms with Crippen molar-refractivity contribution in [2.45, 2.75) is 48.7 Å². The van der Waals surface area contributed by atoms with Crippen molar-refractivity contribution in [2.24, 2.45) is 0 Å². The van der Waals surface area contributed by atoms with Crippen molar-refractivity contribution in [1.29, 1.82) is 0 Å². The van der Waals surface area contributed by atoms with E-state index in [4.69, 9.17) is 9.47 Å². The van der Waals surface area contributed by atoms with Gasteiger partial charge < -0.3 is 19.9 Å². The second kappa shape index (κ2) is 13.9. The summed E-state index contributed by atoms with van der Waals surface area (Å²) in [5.74, 6) is -0.00623. The van der Waals surface area contributed by atoms with Crippen molar-refractivity contribution in [3.8, 4) is 17.2 Å². The van der Waals surface area contributed by atoms with Crippen molar-refractivity contribution in [1.82, 2.24) is 4.72 Å². The third kappa shape index (κ3) is 8.69. The smallest absolute Gasteiger partial charge is 0.416 e. The van der Waals surface area contributed by atoms with Gasteiger partial charge in [-0.05, 0) is 91.2 Å². The average Bonchev–Trinajstić information content (AvgIpc) is 3.49. The largest absolute Gasteiger partial charge is 0.492 e. The molecule has 1 aliphatic rings. The number of carbonyl (C=O) groups is 2. The lowest BCUT2D eigenvalue weighted by molar-refractivity contribution is -0.137. The maximum Gasteiger partial charge on any atom is 0.416 e. The van der Waals surface area contributed by atoms with Crippen LogP contribution in [0.25, 0.3) is 0 Å². The van der Waals surface area contributed by atoms with Crippen molar-refractivity contribution in [3.63, 3.8) is 0 Å². The molecule has 0 unspecified atom stereocenters. The van der Waals surface area contributed by atoms with E-state index in [9.17, 15) is 36.3 Å². The lowest BCUT2D eigenvalue weighted by Crippen LogP contribution is -2.50. The summed E-state index contributed by atoms with van der Waals surface area (Å²) in [5.41, 5.74) is -0.922. The molecular weight excluding hydrogens is 637 g/mol. The van der Waals surface area contributed by atoms with E-state index < -0.39 is 33.3 Å². The highest BCUT2D eigenvalue weighted by Crippen LogP contribution is 2.34. The minimum atomic E-state index is -4.57. The topological polar surface area (TPSA) is 131 Å². The quantitative estimate of drug-likeness (QED) is 0.148. The molecule has 0 radical (unpaired) electrons. The first-order valence-corrected chi connectivity index (χ1v) is 16.1. The van der Waals surface area contributed by atoms with Gasteiger partial charge in [0.25, 0.3) is 0 Å². The molecule has 4 aromatic carbocycles. The Morgan fingerprint density at radius 2 is 1.38 bits per heavy atom. The molecule has 0 spiro atoms. The molecule has 0 aliphatic heterocycles. The third-order valence-electron chi connectivity index (χ3n) is 7.70. The van der Waals surface area contributed by atoms with E-state index in [2.05, 4.69) is 10.0 Å². The zero-order valence-electron chi connectivity index (χ0n) is 24.9. The van der Waals surface area contributed by atoms with Crippen LogP contribution in [-0.4, -0.2) is 37.5 Å². The fourth-order valence-electron chi connectivity index (χ4n) is 5.29. The number of sulfonamides is 1. The molecule has 0 atom stereocenters. The summed E-state index contributed by atoms with van der Waals surface area (Å²) in [6.07, 6.45) is -1.96. The first-order chi connectivity index (χ1) is 22.3. The molecule has 0 bridgehead atoms. The number of anilines is 1. The molecule has 1 aliphatic carbocycles. The number of carboxylic acid groups (broad SMARTS) is 1. The van der Waals surface area contributed by atoms with Crippen LogP contribution in [0.5, 0.6) is 17.2 Å². The normalized spacial score (nSPS) is 14.4. The number of carbonyl (C=O) groups excluding carboxylic acids is 1. The van der Waals surface area contributed by atoms with Crippen LogP contribution in [-0.2, 0) is 27.4 Å². The standard InChI is InChI=1S/C34H31F3N2O7S/c35-34(36,37)24-9-17-28(18-10-24)47(43,44)39-33(19-3-4-20-33)22-45-25-13-15-27(16-14-25)46-26-11-7-23(8-12-26)21-31(40)38-30-6-2-1-5-29(30)32(41)42/h1-2,5-18,39H,3-4,19-22H2,(H,38,40)(H,41,42). The summed E-state index contributed by atoms with van der Waals surface area (Å²) in [6.45, 7) is 0.0317. The van der Waals surface area contributed by atoms with Crippen LogP contribution in [0.3, 0.4) is 0 Å². The number of amides is 1. The van der Waals surface area contributed by atoms with Gasteiger partial charge in [0.05, 0.1) is 33.7 Å². The number of para-hydroxylation sites is 1. The SMILES string of the molecule is O=C(Cc1ccc(Oc2ccc(OCC3(NS(=O)(=O)c4ccc(C(F)(F)F)cc4)CCCC3)cc2)cc1)Nc1ccccc1C(=O)O. The molecule has 13 heteroatoms. The van der Waals surface area contributed by atoms with E-state index in [0.717, 1.165) is 37.1 Å². The minimum Gasteiger partial charge on any atom is -0.492 e. The van der Waals surface area contributed by atoms with Gasteiger partial charge in [-0.1, -0.05) is 37.1 Å². The van der Waals surface area contributed by atoms with Gasteiger partial charge in [0.15, 0.2) is 0 Å². The van der Waals surface area contributed by atoms with Gasteiger partial charge in [-0.15, -0.1) is 0 Å². The number of alkyl halides is 3. The Morgan fingerprint density at radius 1 is 0.809 bits per heavy atom. The molecule has 0 saturated heterocycles. The Morgan fingerprint density at radius 3 is 1.98 bits per heavy atom. The highest BCUT2D eigenvalue weighted by atomic mass is 32.2. The summed E-state index contributed by atoms with van der Waals surface area (Å²) in [5, 5.41) is 11.9. The van der Waals surface area contributed by atoms with Gasteiger partial charge in [0, 0.05) is 0 Å². The fourth-order valence-corrected chi connectivity index (χ4v) is 6.74. The van der Waals surface area contributed by atoms with Crippen LogP contribution in [0, 0.1) is 0 Å². The van der Waals surface area contributed by atoms with Crippen LogP contribution in [0.15, 0.2) is 102 Å². The molecule has 4 aromatic rings. The van der Waals surface area contributed by atoms with Crippen molar-refractivity contribution < 1.29 is 45.8 Å². The van der Waals surface area contributed by atoms with Crippen molar-refractivity contribution in [2.75, 3.05) is 11.9 Å².